The van der Waals surface area contributed by atoms with Crippen molar-refractivity contribution in [2.24, 2.45) is 0 Å². The van der Waals surface area contributed by atoms with Crippen LogP contribution in [0.25, 0.3) is 11.0 Å². The average molecular weight is 274 g/mol. The van der Waals surface area contributed by atoms with Gasteiger partial charge >= 0.3 is 5.97 Å². The van der Waals surface area contributed by atoms with Gasteiger partial charge in [0.2, 0.25) is 0 Å². The van der Waals surface area contributed by atoms with E-state index in [9.17, 15) is 4.79 Å². The van der Waals surface area contributed by atoms with Gasteiger partial charge in [0.1, 0.15) is 5.25 Å². The molecule has 98 valence electrons. The molecule has 0 saturated carbocycles. The van der Waals surface area contributed by atoms with Crippen LogP contribution in [0.2, 0.25) is 0 Å². The highest BCUT2D eigenvalue weighted by atomic mass is 32.2. The number of fused-ring (bicyclic) bond motifs is 1. The summed E-state index contributed by atoms with van der Waals surface area (Å²) in [7, 11) is 0. The van der Waals surface area contributed by atoms with Crippen molar-refractivity contribution in [3.8, 4) is 0 Å². The fourth-order valence-electron chi connectivity index (χ4n) is 2.16. The first-order valence-electron chi connectivity index (χ1n) is 6.19. The Bertz CT molecular complexity index is 635. The lowest BCUT2D eigenvalue weighted by Crippen LogP contribution is -2.11. The highest BCUT2D eigenvalue weighted by Crippen LogP contribution is 2.31. The third-order valence-electron chi connectivity index (χ3n) is 3.07. The van der Waals surface area contributed by atoms with Gasteiger partial charge in [-0.05, 0) is 12.1 Å². The normalized spacial score (nSPS) is 18.7. The Balaban J connectivity index is 1.99. The zero-order valence-corrected chi connectivity index (χ0v) is 11.2. The molecule has 1 aromatic carbocycles. The van der Waals surface area contributed by atoms with Gasteiger partial charge in [-0.25, -0.2) is 4.98 Å². The van der Waals surface area contributed by atoms with Gasteiger partial charge in [0.25, 0.3) is 0 Å². The predicted molar refractivity (Wildman–Crippen MR) is 75.2 cm³/mol. The maximum Gasteiger partial charge on any atom is 0.319 e. The Morgan fingerprint density at radius 2 is 2.37 bits per heavy atom. The van der Waals surface area contributed by atoms with E-state index in [-0.39, 0.29) is 11.2 Å². The van der Waals surface area contributed by atoms with E-state index in [0.29, 0.717) is 13.2 Å². The number of hydrogen-bond acceptors (Lipinski definition) is 4. The number of nitrogens with zero attached hydrogens (tertiary/aromatic N) is 2. The van der Waals surface area contributed by atoms with Crippen LogP contribution < -0.4 is 0 Å². The van der Waals surface area contributed by atoms with Crippen molar-refractivity contribution in [3.63, 3.8) is 0 Å². The van der Waals surface area contributed by atoms with Gasteiger partial charge in [-0.3, -0.25) is 4.79 Å². The van der Waals surface area contributed by atoms with E-state index in [1.165, 1.54) is 11.8 Å². The van der Waals surface area contributed by atoms with Crippen molar-refractivity contribution in [1.29, 1.82) is 0 Å². The maximum absolute atomic E-state index is 11.6. The number of imidazole rings is 1. The van der Waals surface area contributed by atoms with Crippen molar-refractivity contribution in [2.45, 2.75) is 23.4 Å². The third kappa shape index (κ3) is 2.26. The van der Waals surface area contributed by atoms with E-state index in [2.05, 4.69) is 16.1 Å². The first-order valence-corrected chi connectivity index (χ1v) is 7.07. The molecule has 19 heavy (non-hydrogen) atoms. The lowest BCUT2D eigenvalue weighted by atomic mass is 10.3. The molecule has 1 atom stereocenters. The number of thioether (sulfide) groups is 1. The molecule has 1 aliphatic heterocycles. The molecule has 0 aliphatic carbocycles. The Morgan fingerprint density at radius 1 is 1.53 bits per heavy atom. The summed E-state index contributed by atoms with van der Waals surface area (Å²) in [5.74, 6) is -0.137. The Labute approximate surface area is 115 Å². The highest BCUT2D eigenvalue weighted by Gasteiger charge is 2.29. The lowest BCUT2D eigenvalue weighted by molar-refractivity contribution is -0.137. The zero-order valence-electron chi connectivity index (χ0n) is 10.4. The van der Waals surface area contributed by atoms with E-state index in [1.807, 2.05) is 30.3 Å². The molecule has 1 unspecified atom stereocenters. The summed E-state index contributed by atoms with van der Waals surface area (Å²) in [5.41, 5.74) is 2.01. The van der Waals surface area contributed by atoms with E-state index in [0.717, 1.165) is 22.6 Å². The molecule has 4 nitrogen and oxygen atoms in total. The second kappa shape index (κ2) is 5.09. The van der Waals surface area contributed by atoms with Gasteiger partial charge in [0.15, 0.2) is 5.16 Å². The Hall–Kier alpha value is -1.75. The molecule has 0 bridgehead atoms. The summed E-state index contributed by atoms with van der Waals surface area (Å²) in [5, 5.41) is 0.713. The number of allylic oxidation sites excluding steroid dienone is 1. The number of ether oxygens (including phenoxy) is 1. The minimum Gasteiger partial charge on any atom is -0.465 e. The van der Waals surface area contributed by atoms with E-state index in [4.69, 9.17) is 4.74 Å². The molecule has 1 fully saturated rings. The molecule has 0 amide bonds. The first kappa shape index (κ1) is 12.3. The van der Waals surface area contributed by atoms with Crippen molar-refractivity contribution in [3.05, 3.63) is 36.9 Å². The van der Waals surface area contributed by atoms with Crippen LogP contribution in [0.4, 0.5) is 0 Å². The van der Waals surface area contributed by atoms with Gasteiger partial charge in [-0.15, -0.1) is 6.58 Å². The molecule has 0 radical (unpaired) electrons. The molecule has 1 saturated heterocycles. The number of benzene rings is 1. The maximum atomic E-state index is 11.6. The van der Waals surface area contributed by atoms with Crippen molar-refractivity contribution >= 4 is 28.8 Å². The Kier molecular flexibility index (Phi) is 3.29. The number of hydrogen-bond donors (Lipinski definition) is 0. The molecule has 1 aromatic heterocycles. The van der Waals surface area contributed by atoms with Gasteiger partial charge < -0.3 is 9.30 Å². The molecule has 3 rings (SSSR count). The van der Waals surface area contributed by atoms with Gasteiger partial charge in [-0.1, -0.05) is 30.0 Å². The number of rotatable bonds is 4. The summed E-state index contributed by atoms with van der Waals surface area (Å²) in [6.45, 7) is 4.98. The quantitative estimate of drug-likeness (QED) is 0.635. The van der Waals surface area contributed by atoms with Crippen LogP contribution in [0, 0.1) is 0 Å². The second-order valence-electron chi connectivity index (χ2n) is 4.35. The summed E-state index contributed by atoms with van der Waals surface area (Å²) < 4.78 is 7.08. The Morgan fingerprint density at radius 3 is 3.11 bits per heavy atom. The number of aromatic nitrogens is 2. The number of carbonyl (C=O) groups is 1. The molecule has 1 aliphatic rings. The monoisotopic (exact) mass is 274 g/mol. The number of para-hydroxylation sites is 2. The van der Waals surface area contributed by atoms with Crippen LogP contribution in [-0.4, -0.2) is 27.4 Å². The minimum absolute atomic E-state index is 0.137. The molecule has 0 spiro atoms. The molecule has 2 aromatic rings. The fourth-order valence-corrected chi connectivity index (χ4v) is 3.24. The van der Waals surface area contributed by atoms with Crippen molar-refractivity contribution < 1.29 is 9.53 Å². The van der Waals surface area contributed by atoms with Crippen molar-refractivity contribution in [1.82, 2.24) is 9.55 Å². The van der Waals surface area contributed by atoms with Crippen LogP contribution in [-0.2, 0) is 16.1 Å². The SMILES string of the molecule is C=CCn1c(SC2CCOC2=O)nc2ccccc21. The highest BCUT2D eigenvalue weighted by molar-refractivity contribution is 8.00. The second-order valence-corrected chi connectivity index (χ2v) is 5.51. The standard InChI is InChI=1S/C14H14N2O2S/c1-2-8-16-11-6-4-3-5-10(11)15-14(16)19-12-7-9-18-13(12)17/h2-6,12H,1,7-9H2. The van der Waals surface area contributed by atoms with E-state index in [1.54, 1.807) is 0 Å². The van der Waals surface area contributed by atoms with Gasteiger partial charge in [0, 0.05) is 13.0 Å². The largest absolute Gasteiger partial charge is 0.465 e. The number of carbonyl (C=O) groups excluding carboxylic acids is 1. The first-order chi connectivity index (χ1) is 9.29. The lowest BCUT2D eigenvalue weighted by Gasteiger charge is -2.07. The van der Waals surface area contributed by atoms with Crippen LogP contribution in [0.3, 0.4) is 0 Å². The third-order valence-corrected chi connectivity index (χ3v) is 4.30. The molecular formula is C14H14N2O2S. The number of esters is 1. The summed E-state index contributed by atoms with van der Waals surface area (Å²) in [4.78, 5) is 16.2. The summed E-state index contributed by atoms with van der Waals surface area (Å²) >= 11 is 1.48. The molecule has 5 heteroatoms. The molecular weight excluding hydrogens is 260 g/mol. The van der Waals surface area contributed by atoms with Crippen molar-refractivity contribution in [2.75, 3.05) is 6.61 Å². The van der Waals surface area contributed by atoms with Crippen LogP contribution in [0.1, 0.15) is 6.42 Å². The minimum atomic E-state index is -0.139. The van der Waals surface area contributed by atoms with E-state index < -0.39 is 0 Å². The van der Waals surface area contributed by atoms with Crippen LogP contribution in [0.15, 0.2) is 42.1 Å². The average Bonchev–Trinajstić information content (AvgIpc) is 2.96. The molecule has 2 heterocycles. The van der Waals surface area contributed by atoms with Crippen LogP contribution >= 0.6 is 11.8 Å². The molecule has 0 N–H and O–H groups in total. The summed E-state index contributed by atoms with van der Waals surface area (Å²) in [6.07, 6.45) is 2.59. The zero-order chi connectivity index (χ0) is 13.2. The topological polar surface area (TPSA) is 44.1 Å². The predicted octanol–water partition coefficient (Wildman–Crippen LogP) is 2.63. The van der Waals surface area contributed by atoms with E-state index >= 15 is 0 Å². The van der Waals surface area contributed by atoms with Crippen LogP contribution in [0.5, 0.6) is 0 Å². The summed E-state index contributed by atoms with van der Waals surface area (Å²) in [6, 6.07) is 7.96. The van der Waals surface area contributed by atoms with Gasteiger partial charge in [-0.2, -0.15) is 0 Å². The smallest absolute Gasteiger partial charge is 0.319 e. The fraction of sp³-hybridized carbons (Fsp3) is 0.286. The number of cyclic esters (lactones) is 1. The van der Waals surface area contributed by atoms with Gasteiger partial charge in [0.05, 0.1) is 17.6 Å².